The minimum atomic E-state index is -0.329. The van der Waals surface area contributed by atoms with Crippen LogP contribution in [-0.2, 0) is 18.2 Å². The Balaban J connectivity index is 2.31. The Morgan fingerprint density at radius 2 is 2.46 bits per heavy atom. The number of aliphatic hydroxyl groups excluding tert-OH is 1. The van der Waals surface area contributed by atoms with Crippen LogP contribution in [0.15, 0.2) is 12.4 Å². The fourth-order valence-electron chi connectivity index (χ4n) is 1.21. The van der Waals surface area contributed by atoms with E-state index < -0.39 is 0 Å². The number of hydrogen-bond acceptors (Lipinski definition) is 3. The first-order chi connectivity index (χ1) is 6.22. The molecule has 0 bridgehead atoms. The first-order valence-corrected chi connectivity index (χ1v) is 4.37. The predicted octanol–water partition coefficient (Wildman–Crippen LogP) is 0.360. The zero-order chi connectivity index (χ0) is 9.68. The smallest absolute Gasteiger partial charge is 0.0603 e. The van der Waals surface area contributed by atoms with E-state index in [9.17, 15) is 5.11 Å². The molecule has 1 aromatic rings. The number of aromatic nitrogens is 2. The lowest BCUT2D eigenvalue weighted by Crippen LogP contribution is -2.12. The van der Waals surface area contributed by atoms with Crippen molar-refractivity contribution in [1.29, 1.82) is 0 Å². The van der Waals surface area contributed by atoms with Gasteiger partial charge in [0.05, 0.1) is 12.3 Å². The van der Waals surface area contributed by atoms with Crippen molar-refractivity contribution < 1.29 is 9.84 Å². The second-order valence-electron chi connectivity index (χ2n) is 3.16. The average molecular weight is 184 g/mol. The molecule has 0 fully saturated rings. The quantitative estimate of drug-likeness (QED) is 0.718. The van der Waals surface area contributed by atoms with Crippen molar-refractivity contribution >= 4 is 0 Å². The van der Waals surface area contributed by atoms with Crippen LogP contribution in [0.3, 0.4) is 0 Å². The van der Waals surface area contributed by atoms with Crippen LogP contribution in [0, 0.1) is 0 Å². The molecule has 0 aliphatic rings. The molecule has 1 N–H and O–H groups in total. The van der Waals surface area contributed by atoms with Gasteiger partial charge in [-0.15, -0.1) is 0 Å². The van der Waals surface area contributed by atoms with Crippen LogP contribution in [0.5, 0.6) is 0 Å². The summed E-state index contributed by atoms with van der Waals surface area (Å²) in [5, 5.41) is 13.6. The van der Waals surface area contributed by atoms with E-state index in [4.69, 9.17) is 4.74 Å². The summed E-state index contributed by atoms with van der Waals surface area (Å²) in [6.07, 6.45) is 4.68. The van der Waals surface area contributed by atoms with Gasteiger partial charge >= 0.3 is 0 Å². The van der Waals surface area contributed by atoms with Gasteiger partial charge in [-0.05, 0) is 12.0 Å². The number of methoxy groups -OCH3 is 1. The van der Waals surface area contributed by atoms with E-state index in [2.05, 4.69) is 5.10 Å². The molecular formula is C9H16N2O2. The highest BCUT2D eigenvalue weighted by Crippen LogP contribution is 2.04. The number of aryl methyl sites for hydroxylation is 1. The molecule has 74 valence electrons. The molecule has 1 rings (SSSR count). The first-order valence-electron chi connectivity index (χ1n) is 4.37. The van der Waals surface area contributed by atoms with Crippen LogP contribution in [0.1, 0.15) is 12.0 Å². The predicted molar refractivity (Wildman–Crippen MR) is 49.4 cm³/mol. The lowest BCUT2D eigenvalue weighted by atomic mass is 10.1. The molecule has 0 saturated carbocycles. The Bertz CT molecular complexity index is 248. The molecule has 1 atom stereocenters. The summed E-state index contributed by atoms with van der Waals surface area (Å²) in [6, 6.07) is 0. The number of nitrogens with zero attached hydrogens (tertiary/aromatic N) is 2. The molecule has 4 nitrogen and oxygen atoms in total. The zero-order valence-corrected chi connectivity index (χ0v) is 8.10. The first kappa shape index (κ1) is 10.2. The van der Waals surface area contributed by atoms with Gasteiger partial charge in [-0.25, -0.2) is 0 Å². The van der Waals surface area contributed by atoms with E-state index in [1.165, 1.54) is 0 Å². The fraction of sp³-hybridized carbons (Fsp3) is 0.667. The largest absolute Gasteiger partial charge is 0.393 e. The highest BCUT2D eigenvalue weighted by Gasteiger charge is 2.06. The normalized spacial score (nSPS) is 13.2. The molecule has 1 unspecified atom stereocenters. The van der Waals surface area contributed by atoms with Gasteiger partial charge < -0.3 is 9.84 Å². The third kappa shape index (κ3) is 3.57. The van der Waals surface area contributed by atoms with Crippen molar-refractivity contribution in [2.24, 2.45) is 7.05 Å². The van der Waals surface area contributed by atoms with E-state index in [1.54, 1.807) is 18.0 Å². The number of rotatable bonds is 5. The van der Waals surface area contributed by atoms with Crippen LogP contribution >= 0.6 is 0 Å². The third-order valence-corrected chi connectivity index (χ3v) is 1.88. The molecule has 0 aliphatic carbocycles. The van der Waals surface area contributed by atoms with E-state index in [0.29, 0.717) is 19.4 Å². The van der Waals surface area contributed by atoms with Crippen molar-refractivity contribution in [2.75, 3.05) is 13.7 Å². The summed E-state index contributed by atoms with van der Waals surface area (Å²) in [6.45, 7) is 0.599. The fourth-order valence-corrected chi connectivity index (χ4v) is 1.21. The van der Waals surface area contributed by atoms with Crippen molar-refractivity contribution in [3.8, 4) is 0 Å². The Labute approximate surface area is 78.1 Å². The topological polar surface area (TPSA) is 47.3 Å². The van der Waals surface area contributed by atoms with Gasteiger partial charge in [-0.3, -0.25) is 4.68 Å². The third-order valence-electron chi connectivity index (χ3n) is 1.88. The van der Waals surface area contributed by atoms with Gasteiger partial charge in [0.2, 0.25) is 0 Å². The number of hydrogen-bond donors (Lipinski definition) is 1. The highest BCUT2D eigenvalue weighted by atomic mass is 16.5. The van der Waals surface area contributed by atoms with Crippen LogP contribution in [0.25, 0.3) is 0 Å². The summed E-state index contributed by atoms with van der Waals surface area (Å²) in [4.78, 5) is 0. The summed E-state index contributed by atoms with van der Waals surface area (Å²) in [5.41, 5.74) is 1.06. The second kappa shape index (κ2) is 4.99. The SMILES string of the molecule is COCCC(O)Cc1cnn(C)c1. The zero-order valence-electron chi connectivity index (χ0n) is 8.10. The van der Waals surface area contributed by atoms with E-state index in [0.717, 1.165) is 5.56 Å². The average Bonchev–Trinajstić information content (AvgIpc) is 2.48. The Kier molecular flexibility index (Phi) is 3.92. The minimum Gasteiger partial charge on any atom is -0.393 e. The highest BCUT2D eigenvalue weighted by molar-refractivity contribution is 5.04. The minimum absolute atomic E-state index is 0.329. The molecular weight excluding hydrogens is 168 g/mol. The standard InChI is InChI=1S/C9H16N2O2/c1-11-7-8(6-10-11)5-9(12)3-4-13-2/h6-7,9,12H,3-5H2,1-2H3. The monoisotopic (exact) mass is 184 g/mol. The Hall–Kier alpha value is -0.870. The Morgan fingerprint density at radius 1 is 1.69 bits per heavy atom. The maximum Gasteiger partial charge on any atom is 0.0603 e. The van der Waals surface area contributed by atoms with E-state index >= 15 is 0 Å². The molecule has 0 radical (unpaired) electrons. The van der Waals surface area contributed by atoms with Crippen LogP contribution < -0.4 is 0 Å². The van der Waals surface area contributed by atoms with E-state index in [1.807, 2.05) is 13.2 Å². The summed E-state index contributed by atoms with van der Waals surface area (Å²) in [7, 11) is 3.50. The van der Waals surface area contributed by atoms with Gasteiger partial charge in [-0.1, -0.05) is 0 Å². The lowest BCUT2D eigenvalue weighted by Gasteiger charge is -2.07. The number of ether oxygens (including phenoxy) is 1. The lowest BCUT2D eigenvalue weighted by molar-refractivity contribution is 0.110. The van der Waals surface area contributed by atoms with Crippen LogP contribution in [0.4, 0.5) is 0 Å². The summed E-state index contributed by atoms with van der Waals surface area (Å²) < 4.78 is 6.61. The van der Waals surface area contributed by atoms with Gasteiger partial charge in [0.1, 0.15) is 0 Å². The maximum absolute atomic E-state index is 9.53. The van der Waals surface area contributed by atoms with Crippen molar-refractivity contribution in [3.05, 3.63) is 18.0 Å². The van der Waals surface area contributed by atoms with Gasteiger partial charge in [0.15, 0.2) is 0 Å². The molecule has 0 amide bonds. The maximum atomic E-state index is 9.53. The summed E-state index contributed by atoms with van der Waals surface area (Å²) in [5.74, 6) is 0. The van der Waals surface area contributed by atoms with Gasteiger partial charge in [0.25, 0.3) is 0 Å². The van der Waals surface area contributed by atoms with Crippen molar-refractivity contribution in [3.63, 3.8) is 0 Å². The van der Waals surface area contributed by atoms with Crippen LogP contribution in [-0.4, -0.2) is 34.7 Å². The number of aliphatic hydroxyl groups is 1. The molecule has 13 heavy (non-hydrogen) atoms. The molecule has 0 aliphatic heterocycles. The molecule has 0 saturated heterocycles. The Morgan fingerprint density at radius 3 is 3.00 bits per heavy atom. The molecule has 4 heteroatoms. The molecule has 0 aromatic carbocycles. The molecule has 1 heterocycles. The van der Waals surface area contributed by atoms with Crippen LogP contribution in [0.2, 0.25) is 0 Å². The second-order valence-corrected chi connectivity index (χ2v) is 3.16. The van der Waals surface area contributed by atoms with Gasteiger partial charge in [0, 0.05) is 33.4 Å². The summed E-state index contributed by atoms with van der Waals surface area (Å²) >= 11 is 0. The van der Waals surface area contributed by atoms with Crippen molar-refractivity contribution in [1.82, 2.24) is 9.78 Å². The van der Waals surface area contributed by atoms with E-state index in [-0.39, 0.29) is 6.10 Å². The van der Waals surface area contributed by atoms with Gasteiger partial charge in [-0.2, -0.15) is 5.10 Å². The molecule has 0 spiro atoms. The van der Waals surface area contributed by atoms with Crippen molar-refractivity contribution in [2.45, 2.75) is 18.9 Å². The molecule has 1 aromatic heterocycles.